The highest BCUT2D eigenvalue weighted by Crippen LogP contribution is 2.29. The van der Waals surface area contributed by atoms with Gasteiger partial charge >= 0.3 is 6.18 Å². The first-order valence-corrected chi connectivity index (χ1v) is 6.97. The van der Waals surface area contributed by atoms with E-state index in [-0.39, 0.29) is 6.04 Å². The summed E-state index contributed by atoms with van der Waals surface area (Å²) in [7, 11) is 0. The molecule has 0 aliphatic rings. The Bertz CT molecular complexity index is 412. The number of allylic oxidation sites excluding steroid dienone is 1. The minimum Gasteiger partial charge on any atom is -0.314 e. The van der Waals surface area contributed by atoms with Gasteiger partial charge < -0.3 is 5.32 Å². The quantitative estimate of drug-likeness (QED) is 0.689. The molecule has 1 unspecified atom stereocenters. The molecular weight excluding hydrogens is 263 g/mol. The van der Waals surface area contributed by atoms with Crippen LogP contribution in [0.15, 0.2) is 36.9 Å². The Morgan fingerprint density at radius 2 is 2.10 bits per heavy atom. The normalized spacial score (nSPS) is 13.2. The van der Waals surface area contributed by atoms with Gasteiger partial charge in [0.25, 0.3) is 0 Å². The fraction of sp³-hybridized carbons (Fsp3) is 0.500. The van der Waals surface area contributed by atoms with Crippen molar-refractivity contribution in [3.63, 3.8) is 0 Å². The second kappa shape index (κ2) is 8.10. The molecule has 0 amide bonds. The largest absolute Gasteiger partial charge is 0.416 e. The van der Waals surface area contributed by atoms with Gasteiger partial charge in [-0.2, -0.15) is 13.2 Å². The summed E-state index contributed by atoms with van der Waals surface area (Å²) < 4.78 is 38.0. The summed E-state index contributed by atoms with van der Waals surface area (Å²) in [4.78, 5) is 0. The van der Waals surface area contributed by atoms with E-state index in [0.29, 0.717) is 6.42 Å². The molecule has 0 heterocycles. The Morgan fingerprint density at radius 3 is 2.70 bits per heavy atom. The summed E-state index contributed by atoms with van der Waals surface area (Å²) in [6, 6.07) is 5.78. The fourth-order valence-corrected chi connectivity index (χ4v) is 2.10. The molecule has 4 heteroatoms. The SMILES string of the molecule is C=CCCC(Cc1cccc(C(F)(F)F)c1)NCCC. The van der Waals surface area contributed by atoms with Crippen molar-refractivity contribution in [3.8, 4) is 0 Å². The predicted octanol–water partition coefficient (Wildman–Crippen LogP) is 4.58. The lowest BCUT2D eigenvalue weighted by atomic mass is 10.00. The summed E-state index contributed by atoms with van der Waals surface area (Å²) in [5.41, 5.74) is 0.144. The Balaban J connectivity index is 2.73. The lowest BCUT2D eigenvalue weighted by Gasteiger charge is -2.18. The Morgan fingerprint density at radius 1 is 1.35 bits per heavy atom. The lowest BCUT2D eigenvalue weighted by molar-refractivity contribution is -0.137. The Kier molecular flexibility index (Phi) is 6.79. The summed E-state index contributed by atoms with van der Waals surface area (Å²) in [5.74, 6) is 0. The first-order valence-electron chi connectivity index (χ1n) is 6.97. The van der Waals surface area contributed by atoms with Crippen LogP contribution >= 0.6 is 0 Å². The van der Waals surface area contributed by atoms with Crippen molar-refractivity contribution in [1.29, 1.82) is 0 Å². The van der Waals surface area contributed by atoms with Crippen molar-refractivity contribution >= 4 is 0 Å². The molecule has 0 saturated heterocycles. The van der Waals surface area contributed by atoms with Crippen LogP contribution in [-0.2, 0) is 12.6 Å². The van der Waals surface area contributed by atoms with E-state index in [9.17, 15) is 13.2 Å². The van der Waals surface area contributed by atoms with Gasteiger partial charge in [-0.3, -0.25) is 0 Å². The van der Waals surface area contributed by atoms with Gasteiger partial charge in [0.15, 0.2) is 0 Å². The van der Waals surface area contributed by atoms with Crippen molar-refractivity contribution in [2.45, 2.75) is 44.8 Å². The number of hydrogen-bond acceptors (Lipinski definition) is 1. The summed E-state index contributed by atoms with van der Waals surface area (Å²) in [5, 5.41) is 3.38. The number of halogens is 3. The number of nitrogens with one attached hydrogen (secondary N) is 1. The van der Waals surface area contributed by atoms with E-state index < -0.39 is 11.7 Å². The second-order valence-corrected chi connectivity index (χ2v) is 4.92. The molecule has 0 spiro atoms. The highest BCUT2D eigenvalue weighted by atomic mass is 19.4. The van der Waals surface area contributed by atoms with Gasteiger partial charge in [0.1, 0.15) is 0 Å². The molecule has 0 radical (unpaired) electrons. The van der Waals surface area contributed by atoms with Crippen molar-refractivity contribution in [2.24, 2.45) is 0 Å². The number of rotatable bonds is 8. The molecule has 0 aliphatic carbocycles. The van der Waals surface area contributed by atoms with Gasteiger partial charge in [-0.1, -0.05) is 31.2 Å². The molecule has 0 aliphatic heterocycles. The third-order valence-corrected chi connectivity index (χ3v) is 3.14. The zero-order valence-electron chi connectivity index (χ0n) is 11.8. The maximum Gasteiger partial charge on any atom is 0.416 e. The second-order valence-electron chi connectivity index (χ2n) is 4.92. The van der Waals surface area contributed by atoms with Crippen molar-refractivity contribution < 1.29 is 13.2 Å². The summed E-state index contributed by atoms with van der Waals surface area (Å²) in [6.07, 6.45) is 0.932. The monoisotopic (exact) mass is 285 g/mol. The van der Waals surface area contributed by atoms with Gasteiger partial charge in [-0.25, -0.2) is 0 Å². The molecule has 0 bridgehead atoms. The summed E-state index contributed by atoms with van der Waals surface area (Å²) >= 11 is 0. The van der Waals surface area contributed by atoms with E-state index in [1.165, 1.54) is 12.1 Å². The van der Waals surface area contributed by atoms with E-state index in [0.717, 1.165) is 37.4 Å². The minimum atomic E-state index is -4.27. The van der Waals surface area contributed by atoms with E-state index in [2.05, 4.69) is 18.8 Å². The molecule has 1 atom stereocenters. The van der Waals surface area contributed by atoms with E-state index >= 15 is 0 Å². The molecule has 0 fully saturated rings. The molecule has 0 aromatic heterocycles. The van der Waals surface area contributed by atoms with E-state index in [1.807, 2.05) is 6.08 Å². The minimum absolute atomic E-state index is 0.191. The standard InChI is InChI=1S/C16H22F3N/c1-3-5-9-15(20-10-4-2)12-13-7-6-8-14(11-13)16(17,18)19/h3,6-8,11,15,20H,1,4-5,9-10,12H2,2H3. The Hall–Kier alpha value is -1.29. The summed E-state index contributed by atoms with van der Waals surface area (Å²) in [6.45, 7) is 6.64. The van der Waals surface area contributed by atoms with Crippen LogP contribution in [0.4, 0.5) is 13.2 Å². The topological polar surface area (TPSA) is 12.0 Å². The maximum absolute atomic E-state index is 12.7. The van der Waals surface area contributed by atoms with Crippen molar-refractivity contribution in [2.75, 3.05) is 6.54 Å². The average molecular weight is 285 g/mol. The van der Waals surface area contributed by atoms with Gasteiger partial charge in [-0.05, 0) is 43.9 Å². The lowest BCUT2D eigenvalue weighted by Crippen LogP contribution is -2.31. The third kappa shape index (κ3) is 5.78. The van der Waals surface area contributed by atoms with Crippen LogP contribution in [0.1, 0.15) is 37.3 Å². The van der Waals surface area contributed by atoms with Crippen LogP contribution in [0.25, 0.3) is 0 Å². The van der Waals surface area contributed by atoms with Crippen LogP contribution in [-0.4, -0.2) is 12.6 Å². The van der Waals surface area contributed by atoms with Gasteiger partial charge in [0.2, 0.25) is 0 Å². The molecule has 112 valence electrons. The zero-order chi connectivity index (χ0) is 15.0. The van der Waals surface area contributed by atoms with E-state index in [1.54, 1.807) is 6.07 Å². The maximum atomic E-state index is 12.7. The predicted molar refractivity (Wildman–Crippen MR) is 76.7 cm³/mol. The van der Waals surface area contributed by atoms with Crippen LogP contribution in [0.5, 0.6) is 0 Å². The highest BCUT2D eigenvalue weighted by Gasteiger charge is 2.30. The fourth-order valence-electron chi connectivity index (χ4n) is 2.10. The van der Waals surface area contributed by atoms with Gasteiger partial charge in [0, 0.05) is 6.04 Å². The number of hydrogen-bond donors (Lipinski definition) is 1. The zero-order valence-corrected chi connectivity index (χ0v) is 11.8. The average Bonchev–Trinajstić information content (AvgIpc) is 2.41. The van der Waals surface area contributed by atoms with Crippen LogP contribution < -0.4 is 5.32 Å². The van der Waals surface area contributed by atoms with Gasteiger partial charge in [-0.15, -0.1) is 6.58 Å². The number of alkyl halides is 3. The molecule has 0 saturated carbocycles. The highest BCUT2D eigenvalue weighted by molar-refractivity contribution is 5.26. The van der Waals surface area contributed by atoms with Gasteiger partial charge in [0.05, 0.1) is 5.56 Å². The molecule has 1 aromatic carbocycles. The Labute approximate surface area is 118 Å². The molecule has 1 nitrogen and oxygen atoms in total. The molecule has 1 rings (SSSR count). The van der Waals surface area contributed by atoms with E-state index in [4.69, 9.17) is 0 Å². The molecular formula is C16H22F3N. The van der Waals surface area contributed by atoms with Crippen molar-refractivity contribution in [1.82, 2.24) is 5.32 Å². The molecule has 1 N–H and O–H groups in total. The first kappa shape index (κ1) is 16.8. The number of benzene rings is 1. The van der Waals surface area contributed by atoms with Crippen molar-refractivity contribution in [3.05, 3.63) is 48.0 Å². The third-order valence-electron chi connectivity index (χ3n) is 3.14. The first-order chi connectivity index (χ1) is 9.47. The van der Waals surface area contributed by atoms with Crippen LogP contribution in [0, 0.1) is 0 Å². The van der Waals surface area contributed by atoms with Crippen LogP contribution in [0.3, 0.4) is 0 Å². The molecule has 20 heavy (non-hydrogen) atoms. The molecule has 1 aromatic rings. The smallest absolute Gasteiger partial charge is 0.314 e. The van der Waals surface area contributed by atoms with Crippen LogP contribution in [0.2, 0.25) is 0 Å².